The van der Waals surface area contributed by atoms with Crippen LogP contribution in [0.25, 0.3) is 10.9 Å². The first-order chi connectivity index (χ1) is 12.7. The second-order valence-corrected chi connectivity index (χ2v) is 8.64. The number of anilines is 2. The Morgan fingerprint density at radius 1 is 1.33 bits per heavy atom. The maximum atomic E-state index is 15.3. The Labute approximate surface area is 155 Å². The maximum Gasteiger partial charge on any atom is 0.194 e. The number of nitrogen functional groups attached to an aromatic ring is 1. The van der Waals surface area contributed by atoms with E-state index in [2.05, 4.69) is 0 Å². The Morgan fingerprint density at radius 3 is 2.56 bits per heavy atom. The van der Waals surface area contributed by atoms with Crippen molar-refractivity contribution in [3.8, 4) is 0 Å². The number of alkyl halides is 1. The lowest BCUT2D eigenvalue weighted by atomic mass is 10.0. The molecule has 1 spiro atoms. The number of nitrogens with two attached hydrogens (primary N) is 2. The molecule has 5 rings (SSSR count). The topological polar surface area (TPSA) is 77.3 Å². The van der Waals surface area contributed by atoms with Crippen molar-refractivity contribution in [2.75, 3.05) is 23.7 Å². The molecule has 2 heterocycles. The molecule has 1 saturated heterocycles. The molecule has 2 aliphatic carbocycles. The normalized spacial score (nSPS) is 31.9. The van der Waals surface area contributed by atoms with Crippen molar-refractivity contribution in [1.29, 1.82) is 0 Å². The van der Waals surface area contributed by atoms with Crippen LogP contribution in [0.1, 0.15) is 36.4 Å². The van der Waals surface area contributed by atoms with Gasteiger partial charge in [-0.2, -0.15) is 0 Å². The highest BCUT2D eigenvalue weighted by Crippen LogP contribution is 2.53. The van der Waals surface area contributed by atoms with Crippen molar-refractivity contribution >= 4 is 22.3 Å². The molecule has 4 N–H and O–H groups in total. The van der Waals surface area contributed by atoms with Gasteiger partial charge in [0.05, 0.1) is 28.3 Å². The average molecular weight is 374 g/mol. The van der Waals surface area contributed by atoms with Crippen LogP contribution in [-0.2, 0) is 0 Å². The molecule has 4 atom stereocenters. The number of rotatable bonds is 2. The molecule has 0 bridgehead atoms. The summed E-state index contributed by atoms with van der Waals surface area (Å²) >= 11 is 0. The van der Waals surface area contributed by atoms with E-state index >= 15 is 4.39 Å². The van der Waals surface area contributed by atoms with Gasteiger partial charge in [0.1, 0.15) is 6.17 Å². The van der Waals surface area contributed by atoms with Crippen LogP contribution in [-0.4, -0.2) is 29.9 Å². The highest BCUT2D eigenvalue weighted by atomic mass is 19.1. The average Bonchev–Trinajstić information content (AvgIpc) is 3.43. The summed E-state index contributed by atoms with van der Waals surface area (Å²) in [6, 6.07) is -0.145. The Balaban J connectivity index is 1.76. The smallest absolute Gasteiger partial charge is 0.194 e. The summed E-state index contributed by atoms with van der Waals surface area (Å²) in [5, 5.41) is 0.171. The minimum absolute atomic E-state index is 0.0794. The summed E-state index contributed by atoms with van der Waals surface area (Å²) in [7, 11) is 0. The highest BCUT2D eigenvalue weighted by molar-refractivity contribution is 5.98. The molecule has 1 aliphatic heterocycles. The van der Waals surface area contributed by atoms with Gasteiger partial charge in [0, 0.05) is 42.7 Å². The molecule has 144 valence electrons. The Bertz CT molecular complexity index is 1050. The van der Waals surface area contributed by atoms with Crippen molar-refractivity contribution in [3.05, 3.63) is 33.4 Å². The molecular formula is C20H24F2N4O. The van der Waals surface area contributed by atoms with E-state index in [-0.39, 0.29) is 34.0 Å². The summed E-state index contributed by atoms with van der Waals surface area (Å²) in [6.07, 6.45) is 3.05. The van der Waals surface area contributed by atoms with Crippen LogP contribution in [0.15, 0.2) is 11.0 Å². The number of hydrogen-bond acceptors (Lipinski definition) is 4. The minimum atomic E-state index is -0.941. The van der Waals surface area contributed by atoms with Crippen LogP contribution >= 0.6 is 0 Å². The molecule has 2 saturated carbocycles. The zero-order chi connectivity index (χ0) is 19.2. The molecule has 0 radical (unpaired) electrons. The molecule has 0 amide bonds. The third kappa shape index (κ3) is 2.21. The fourth-order valence-corrected chi connectivity index (χ4v) is 4.92. The largest absolute Gasteiger partial charge is 0.396 e. The van der Waals surface area contributed by atoms with Gasteiger partial charge < -0.3 is 20.9 Å². The monoisotopic (exact) mass is 374 g/mol. The van der Waals surface area contributed by atoms with Gasteiger partial charge in [-0.1, -0.05) is 0 Å². The predicted octanol–water partition coefficient (Wildman–Crippen LogP) is 2.55. The quantitative estimate of drug-likeness (QED) is 0.792. The molecule has 3 aliphatic rings. The van der Waals surface area contributed by atoms with Gasteiger partial charge in [-0.05, 0) is 32.3 Å². The van der Waals surface area contributed by atoms with Gasteiger partial charge in [-0.3, -0.25) is 4.79 Å². The number of aryl methyl sites for hydroxylation is 2. The second-order valence-electron chi connectivity index (χ2n) is 8.64. The number of benzene rings is 1. The SMILES string of the molecule is Cc1cn([C@@H]2C[C@@H]2F)c2c(C)c(N3CCC4(CC4N)C3)c(F)c(N)c2c1=O. The van der Waals surface area contributed by atoms with Crippen LogP contribution in [0, 0.1) is 25.1 Å². The minimum Gasteiger partial charge on any atom is -0.396 e. The van der Waals surface area contributed by atoms with Crippen molar-refractivity contribution in [1.82, 2.24) is 4.57 Å². The summed E-state index contributed by atoms with van der Waals surface area (Å²) in [5.74, 6) is -0.548. The number of nitrogens with zero attached hydrogens (tertiary/aromatic N) is 2. The lowest BCUT2D eigenvalue weighted by Gasteiger charge is -2.25. The lowest BCUT2D eigenvalue weighted by molar-refractivity contribution is 0.444. The van der Waals surface area contributed by atoms with E-state index in [0.717, 1.165) is 12.8 Å². The van der Waals surface area contributed by atoms with Crippen molar-refractivity contribution in [2.45, 2.75) is 51.4 Å². The van der Waals surface area contributed by atoms with Gasteiger partial charge in [0.2, 0.25) is 0 Å². The summed E-state index contributed by atoms with van der Waals surface area (Å²) in [6.45, 7) is 4.87. The molecule has 2 aromatic rings. The second kappa shape index (κ2) is 5.22. The molecule has 3 fully saturated rings. The van der Waals surface area contributed by atoms with E-state index in [0.29, 0.717) is 41.8 Å². The van der Waals surface area contributed by atoms with Crippen molar-refractivity contribution in [3.63, 3.8) is 0 Å². The van der Waals surface area contributed by atoms with Gasteiger partial charge in [0.15, 0.2) is 11.2 Å². The lowest BCUT2D eigenvalue weighted by Crippen LogP contribution is -2.26. The standard InChI is InChI=1S/C20H24F2N4O/c1-9-7-26(12-5-11(12)21)17-10(2)18(15(22)16(24)14(17)19(9)27)25-4-3-20(8-25)6-13(20)23/h7,11-13H,3-6,8,23-24H2,1-2H3/t11-,12+,13?,20?/m0/s1. The first-order valence-electron chi connectivity index (χ1n) is 9.53. The third-order valence-corrected chi connectivity index (χ3v) is 6.83. The van der Waals surface area contributed by atoms with E-state index in [4.69, 9.17) is 11.5 Å². The Hall–Kier alpha value is -2.15. The number of hydrogen-bond donors (Lipinski definition) is 2. The predicted molar refractivity (Wildman–Crippen MR) is 102 cm³/mol. The number of aromatic nitrogens is 1. The first-order valence-corrected chi connectivity index (χ1v) is 9.53. The fourth-order valence-electron chi connectivity index (χ4n) is 4.92. The molecule has 1 aromatic carbocycles. The highest BCUT2D eigenvalue weighted by Gasteiger charge is 2.56. The summed E-state index contributed by atoms with van der Waals surface area (Å²) < 4.78 is 31.0. The number of pyridine rings is 1. The van der Waals surface area contributed by atoms with Crippen LogP contribution in [0.4, 0.5) is 20.2 Å². The van der Waals surface area contributed by atoms with E-state index < -0.39 is 12.0 Å². The Kier molecular flexibility index (Phi) is 3.28. The van der Waals surface area contributed by atoms with Crippen LogP contribution < -0.4 is 21.8 Å². The maximum absolute atomic E-state index is 15.3. The van der Waals surface area contributed by atoms with Crippen LogP contribution in [0.5, 0.6) is 0 Å². The first kappa shape index (κ1) is 17.0. The molecular weight excluding hydrogens is 350 g/mol. The molecule has 1 aromatic heterocycles. The molecule has 2 unspecified atom stereocenters. The summed E-state index contributed by atoms with van der Waals surface area (Å²) in [5.41, 5.74) is 14.0. The van der Waals surface area contributed by atoms with Crippen molar-refractivity contribution < 1.29 is 8.78 Å². The molecule has 27 heavy (non-hydrogen) atoms. The van der Waals surface area contributed by atoms with E-state index in [9.17, 15) is 9.18 Å². The number of fused-ring (bicyclic) bond motifs is 1. The molecule has 7 heteroatoms. The van der Waals surface area contributed by atoms with Crippen LogP contribution in [0.2, 0.25) is 0 Å². The zero-order valence-electron chi connectivity index (χ0n) is 15.6. The zero-order valence-corrected chi connectivity index (χ0v) is 15.6. The van der Waals surface area contributed by atoms with Gasteiger partial charge >= 0.3 is 0 Å². The van der Waals surface area contributed by atoms with Gasteiger partial charge in [-0.15, -0.1) is 0 Å². The number of halogens is 2. The van der Waals surface area contributed by atoms with Gasteiger partial charge in [-0.25, -0.2) is 8.78 Å². The van der Waals surface area contributed by atoms with E-state index in [1.807, 2.05) is 4.90 Å². The Morgan fingerprint density at radius 2 is 2.00 bits per heavy atom. The van der Waals surface area contributed by atoms with Crippen LogP contribution in [0.3, 0.4) is 0 Å². The molecule has 5 nitrogen and oxygen atoms in total. The fraction of sp³-hybridized carbons (Fsp3) is 0.550. The van der Waals surface area contributed by atoms with E-state index in [1.54, 1.807) is 24.6 Å². The summed E-state index contributed by atoms with van der Waals surface area (Å²) in [4.78, 5) is 14.7. The van der Waals surface area contributed by atoms with Crippen molar-refractivity contribution in [2.24, 2.45) is 11.1 Å². The third-order valence-electron chi connectivity index (χ3n) is 6.83. The van der Waals surface area contributed by atoms with E-state index in [1.165, 1.54) is 0 Å². The van der Waals surface area contributed by atoms with Gasteiger partial charge in [0.25, 0.3) is 0 Å².